The number of amides is 2. The van der Waals surface area contributed by atoms with Crippen molar-refractivity contribution in [1.82, 2.24) is 19.9 Å². The van der Waals surface area contributed by atoms with Crippen LogP contribution in [0.5, 0.6) is 5.88 Å². The summed E-state index contributed by atoms with van der Waals surface area (Å²) in [5.41, 5.74) is 4.90. The summed E-state index contributed by atoms with van der Waals surface area (Å²) in [6.07, 6.45) is 1.80. The molecule has 2 amide bonds. The third kappa shape index (κ3) is 4.10. The molecule has 4 aromatic rings. The Bertz CT molecular complexity index is 1450. The number of methoxy groups -OCH3 is 1. The highest BCUT2D eigenvalue weighted by Crippen LogP contribution is 2.27. The summed E-state index contributed by atoms with van der Waals surface area (Å²) in [5.74, 6) is -0.447. The predicted octanol–water partition coefficient (Wildman–Crippen LogP) is 1.12. The van der Waals surface area contributed by atoms with E-state index in [1.165, 1.54) is 25.0 Å². The van der Waals surface area contributed by atoms with Crippen LogP contribution in [0.15, 0.2) is 53.3 Å². The average molecular weight is 493 g/mol. The second-order valence-corrected chi connectivity index (χ2v) is 8.30. The number of fused-ring (bicyclic) bond motifs is 1. The van der Waals surface area contributed by atoms with E-state index < -0.39 is 23.5 Å². The first-order chi connectivity index (χ1) is 17.3. The number of nitrogens with zero attached hydrogens (tertiary/aromatic N) is 5. The van der Waals surface area contributed by atoms with E-state index in [0.717, 1.165) is 0 Å². The lowest BCUT2D eigenvalue weighted by Gasteiger charge is -2.37. The van der Waals surface area contributed by atoms with E-state index in [-0.39, 0.29) is 19.0 Å². The van der Waals surface area contributed by atoms with Crippen molar-refractivity contribution in [3.63, 3.8) is 0 Å². The van der Waals surface area contributed by atoms with Gasteiger partial charge in [0.05, 0.1) is 31.3 Å². The summed E-state index contributed by atoms with van der Waals surface area (Å²) in [4.78, 5) is 31.7. The third-order valence-electron chi connectivity index (χ3n) is 5.86. The highest BCUT2D eigenvalue weighted by molar-refractivity contribution is 6.06. The van der Waals surface area contributed by atoms with Crippen LogP contribution in [-0.4, -0.2) is 68.8 Å². The summed E-state index contributed by atoms with van der Waals surface area (Å²) in [6, 6.07) is 9.82. The molecule has 1 aliphatic rings. The maximum absolute atomic E-state index is 13.3. The zero-order valence-corrected chi connectivity index (χ0v) is 19.4. The molecule has 4 N–H and O–H groups in total. The van der Waals surface area contributed by atoms with Crippen molar-refractivity contribution in [2.75, 3.05) is 36.2 Å². The van der Waals surface area contributed by atoms with Crippen LogP contribution < -0.4 is 20.7 Å². The van der Waals surface area contributed by atoms with E-state index >= 15 is 0 Å². The Balaban J connectivity index is 1.33. The molecule has 13 nitrogen and oxygen atoms in total. The van der Waals surface area contributed by atoms with Crippen LogP contribution in [0.3, 0.4) is 0 Å². The largest absolute Gasteiger partial charge is 0.481 e. The van der Waals surface area contributed by atoms with Gasteiger partial charge in [0.25, 0.3) is 11.8 Å². The van der Waals surface area contributed by atoms with Gasteiger partial charge >= 0.3 is 0 Å². The van der Waals surface area contributed by atoms with Gasteiger partial charge in [-0.1, -0.05) is 5.16 Å². The molecule has 1 saturated heterocycles. The number of nitrogen functional groups attached to an aromatic ring is 1. The molecule has 0 spiro atoms. The fourth-order valence-electron chi connectivity index (χ4n) is 3.88. The molecule has 1 fully saturated rings. The maximum Gasteiger partial charge on any atom is 0.260 e. The highest BCUT2D eigenvalue weighted by atomic mass is 16.5. The van der Waals surface area contributed by atoms with Crippen molar-refractivity contribution >= 4 is 40.1 Å². The number of hydrogen-bond donors (Lipinski definition) is 3. The van der Waals surface area contributed by atoms with Crippen molar-refractivity contribution < 1.29 is 28.7 Å². The topological polar surface area (TPSA) is 171 Å². The molecule has 1 aliphatic heterocycles. The molecule has 2 atom stereocenters. The molecule has 3 aromatic heterocycles. The molecule has 186 valence electrons. The number of rotatable bonds is 6. The second-order valence-electron chi connectivity index (χ2n) is 8.30. The normalized spacial score (nSPS) is 17.7. The number of morpholine rings is 1. The molecule has 0 saturated carbocycles. The predicted molar refractivity (Wildman–Crippen MR) is 128 cm³/mol. The standard InChI is InChI=1S/C23H23N7O6/c1-23(33,22(32)26-13-3-4-15-16(11-13)36-28-20(15)24)19-21(31)29(9-10-35-19)17-6-8-30(27-17)14-5-7-25-18(12-14)34-2/h3-8,11-12,19,33H,9-10H2,1-2H3,(H2,24,28)(H,26,32)/t19-,23+/m0/s1. The van der Waals surface area contributed by atoms with Gasteiger partial charge in [0.15, 0.2) is 28.9 Å². The minimum absolute atomic E-state index is 0.0963. The smallest absolute Gasteiger partial charge is 0.260 e. The number of pyridine rings is 1. The van der Waals surface area contributed by atoms with Crippen LogP contribution in [0.4, 0.5) is 17.3 Å². The number of ether oxygens (including phenoxy) is 2. The quantitative estimate of drug-likeness (QED) is 0.353. The van der Waals surface area contributed by atoms with E-state index in [1.54, 1.807) is 47.4 Å². The lowest BCUT2D eigenvalue weighted by Crippen LogP contribution is -2.61. The van der Waals surface area contributed by atoms with Gasteiger partial charge in [0.2, 0.25) is 5.88 Å². The number of nitrogens with two attached hydrogens (primary N) is 1. The molecule has 0 radical (unpaired) electrons. The van der Waals surface area contributed by atoms with E-state index in [2.05, 4.69) is 20.6 Å². The van der Waals surface area contributed by atoms with E-state index in [0.29, 0.717) is 34.0 Å². The van der Waals surface area contributed by atoms with Crippen LogP contribution in [0.25, 0.3) is 16.7 Å². The Hall–Kier alpha value is -4.49. The van der Waals surface area contributed by atoms with Crippen LogP contribution in [0.1, 0.15) is 6.92 Å². The van der Waals surface area contributed by atoms with Crippen LogP contribution in [0, 0.1) is 0 Å². The van der Waals surface area contributed by atoms with Gasteiger partial charge in [-0.05, 0) is 25.1 Å². The molecule has 13 heteroatoms. The molecule has 1 aromatic carbocycles. The van der Waals surface area contributed by atoms with Gasteiger partial charge in [-0.15, -0.1) is 5.10 Å². The van der Waals surface area contributed by atoms with Gasteiger partial charge in [-0.3, -0.25) is 14.5 Å². The van der Waals surface area contributed by atoms with Gasteiger partial charge < -0.3 is 30.2 Å². The zero-order chi connectivity index (χ0) is 25.4. The minimum Gasteiger partial charge on any atom is -0.481 e. The molecular formula is C23H23N7O6. The van der Waals surface area contributed by atoms with Crippen molar-refractivity contribution in [2.45, 2.75) is 18.6 Å². The second kappa shape index (κ2) is 8.94. The number of carbonyl (C=O) groups excluding carboxylic acids is 2. The molecule has 0 bridgehead atoms. The zero-order valence-electron chi connectivity index (χ0n) is 19.4. The van der Waals surface area contributed by atoms with Crippen molar-refractivity contribution in [3.8, 4) is 11.6 Å². The first-order valence-electron chi connectivity index (χ1n) is 11.0. The lowest BCUT2D eigenvalue weighted by atomic mass is 9.95. The summed E-state index contributed by atoms with van der Waals surface area (Å²) < 4.78 is 17.4. The average Bonchev–Trinajstić information content (AvgIpc) is 3.51. The summed E-state index contributed by atoms with van der Waals surface area (Å²) >= 11 is 0. The number of hydrogen-bond acceptors (Lipinski definition) is 10. The molecule has 5 rings (SSSR count). The van der Waals surface area contributed by atoms with Gasteiger partial charge in [0.1, 0.15) is 0 Å². The number of anilines is 3. The van der Waals surface area contributed by atoms with Crippen molar-refractivity contribution in [2.24, 2.45) is 0 Å². The third-order valence-corrected chi connectivity index (χ3v) is 5.86. The van der Waals surface area contributed by atoms with Gasteiger partial charge in [-0.2, -0.15) is 0 Å². The minimum atomic E-state index is -2.19. The van der Waals surface area contributed by atoms with Crippen molar-refractivity contribution in [1.29, 1.82) is 0 Å². The first kappa shape index (κ1) is 23.3. The first-order valence-corrected chi connectivity index (χ1v) is 11.0. The summed E-state index contributed by atoms with van der Waals surface area (Å²) in [5, 5.41) is 22.4. The number of nitrogens with one attached hydrogen (secondary N) is 1. The van der Waals surface area contributed by atoms with Crippen LogP contribution >= 0.6 is 0 Å². The summed E-state index contributed by atoms with van der Waals surface area (Å²) in [7, 11) is 1.51. The Morgan fingerprint density at radius 3 is 2.94 bits per heavy atom. The molecule has 0 unspecified atom stereocenters. The summed E-state index contributed by atoms with van der Waals surface area (Å²) in [6.45, 7) is 1.52. The molecular weight excluding hydrogens is 470 g/mol. The number of benzene rings is 1. The Morgan fingerprint density at radius 1 is 1.31 bits per heavy atom. The lowest BCUT2D eigenvalue weighted by molar-refractivity contribution is -0.165. The Morgan fingerprint density at radius 2 is 2.14 bits per heavy atom. The number of aliphatic hydroxyl groups is 1. The van der Waals surface area contributed by atoms with E-state index in [9.17, 15) is 14.7 Å². The molecule has 0 aliphatic carbocycles. The van der Waals surface area contributed by atoms with Crippen LogP contribution in [-0.2, 0) is 14.3 Å². The maximum atomic E-state index is 13.3. The van der Waals surface area contributed by atoms with Crippen LogP contribution in [0.2, 0.25) is 0 Å². The Kier molecular flexibility index (Phi) is 5.78. The molecule has 4 heterocycles. The van der Waals surface area contributed by atoms with Gasteiger partial charge in [-0.25, -0.2) is 9.67 Å². The monoisotopic (exact) mass is 493 g/mol. The molecule has 36 heavy (non-hydrogen) atoms. The fourth-order valence-corrected chi connectivity index (χ4v) is 3.88. The highest BCUT2D eigenvalue weighted by Gasteiger charge is 2.48. The van der Waals surface area contributed by atoms with Crippen molar-refractivity contribution in [3.05, 3.63) is 48.8 Å². The van der Waals surface area contributed by atoms with Gasteiger partial charge in [0, 0.05) is 36.3 Å². The fraction of sp³-hybridized carbons (Fsp3) is 0.261. The van der Waals surface area contributed by atoms with E-state index in [4.69, 9.17) is 19.7 Å². The Labute approximate surface area is 204 Å². The number of carbonyl (C=O) groups is 2. The number of aromatic nitrogens is 4. The SMILES string of the molecule is COc1cc(-n2ccc(N3CCO[C@H]([C@@](C)(O)C(=O)Nc4ccc5c(N)noc5c4)C3=O)n2)ccn1. The van der Waals surface area contributed by atoms with E-state index in [1.807, 2.05) is 0 Å².